The Bertz CT molecular complexity index is 610. The highest BCUT2D eigenvalue weighted by atomic mass is 16.4. The van der Waals surface area contributed by atoms with Gasteiger partial charge >= 0.3 is 5.97 Å². The van der Waals surface area contributed by atoms with Crippen LogP contribution < -0.4 is 27.4 Å². The van der Waals surface area contributed by atoms with Crippen molar-refractivity contribution in [2.45, 2.75) is 65.1 Å². The summed E-state index contributed by atoms with van der Waals surface area (Å²) in [6, 6.07) is -3.10. The van der Waals surface area contributed by atoms with E-state index in [4.69, 9.17) is 11.5 Å². The van der Waals surface area contributed by atoms with Crippen LogP contribution in [0.15, 0.2) is 0 Å². The van der Waals surface area contributed by atoms with Crippen LogP contribution in [0.2, 0.25) is 0 Å². The van der Waals surface area contributed by atoms with Crippen LogP contribution in [0.5, 0.6) is 0 Å². The summed E-state index contributed by atoms with van der Waals surface area (Å²) in [4.78, 5) is 58.7. The molecule has 4 unspecified atom stereocenters. The zero-order chi connectivity index (χ0) is 22.7. The molecule has 0 heterocycles. The van der Waals surface area contributed by atoms with Crippen LogP contribution in [0.4, 0.5) is 0 Å². The van der Waals surface area contributed by atoms with Gasteiger partial charge in [-0.3, -0.25) is 19.2 Å². The quantitative estimate of drug-likeness (QED) is 0.209. The maximum atomic E-state index is 12.4. The van der Waals surface area contributed by atoms with Gasteiger partial charge in [0, 0.05) is 6.42 Å². The Morgan fingerprint density at radius 3 is 2.03 bits per heavy atom. The Morgan fingerprint density at radius 2 is 1.59 bits per heavy atom. The van der Waals surface area contributed by atoms with Gasteiger partial charge in [-0.1, -0.05) is 34.1 Å². The molecule has 4 amide bonds. The normalized spacial score (nSPS) is 15.0. The summed E-state index contributed by atoms with van der Waals surface area (Å²) < 4.78 is 0. The topological polar surface area (TPSA) is 194 Å². The number of hydrogen-bond acceptors (Lipinski definition) is 6. The van der Waals surface area contributed by atoms with Crippen molar-refractivity contribution in [1.82, 2.24) is 16.0 Å². The number of aliphatic carboxylic acids is 1. The van der Waals surface area contributed by atoms with E-state index in [0.29, 0.717) is 6.42 Å². The van der Waals surface area contributed by atoms with E-state index in [2.05, 4.69) is 16.0 Å². The van der Waals surface area contributed by atoms with Gasteiger partial charge < -0.3 is 32.5 Å². The van der Waals surface area contributed by atoms with Crippen molar-refractivity contribution in [1.29, 1.82) is 0 Å². The molecular formula is C18H33N5O6. The molecular weight excluding hydrogens is 382 g/mol. The summed E-state index contributed by atoms with van der Waals surface area (Å²) >= 11 is 0. The molecule has 0 bridgehead atoms. The van der Waals surface area contributed by atoms with Gasteiger partial charge in [-0.15, -0.1) is 0 Å². The third-order valence-corrected chi connectivity index (χ3v) is 4.54. The third kappa shape index (κ3) is 9.88. The van der Waals surface area contributed by atoms with Crippen LogP contribution in [0.1, 0.15) is 47.0 Å². The molecule has 11 nitrogen and oxygen atoms in total. The van der Waals surface area contributed by atoms with E-state index < -0.39 is 47.7 Å². The highest BCUT2D eigenvalue weighted by molar-refractivity contribution is 5.92. The lowest BCUT2D eigenvalue weighted by atomic mass is 9.99. The van der Waals surface area contributed by atoms with E-state index in [1.165, 1.54) is 0 Å². The summed E-state index contributed by atoms with van der Waals surface area (Å²) in [6.07, 6.45) is 0.327. The van der Waals surface area contributed by atoms with E-state index in [1.54, 1.807) is 13.8 Å². The number of rotatable bonds is 13. The van der Waals surface area contributed by atoms with Gasteiger partial charge in [0.2, 0.25) is 23.6 Å². The zero-order valence-corrected chi connectivity index (χ0v) is 17.4. The van der Waals surface area contributed by atoms with Crippen molar-refractivity contribution in [3.05, 3.63) is 0 Å². The first kappa shape index (κ1) is 26.3. The molecule has 0 aromatic rings. The van der Waals surface area contributed by atoms with E-state index in [0.717, 1.165) is 0 Å². The Hall–Kier alpha value is -2.69. The molecule has 0 fully saturated rings. The second-order valence-electron chi connectivity index (χ2n) is 7.32. The Kier molecular flexibility index (Phi) is 11.5. The van der Waals surface area contributed by atoms with E-state index in [-0.39, 0.29) is 31.2 Å². The summed E-state index contributed by atoms with van der Waals surface area (Å²) in [5.41, 5.74) is 10.8. The van der Waals surface area contributed by atoms with Crippen molar-refractivity contribution in [3.8, 4) is 0 Å². The summed E-state index contributed by atoms with van der Waals surface area (Å²) in [5.74, 6) is -4.23. The zero-order valence-electron chi connectivity index (χ0n) is 17.4. The van der Waals surface area contributed by atoms with E-state index >= 15 is 0 Å². The first-order chi connectivity index (χ1) is 13.4. The number of nitrogens with one attached hydrogen (secondary N) is 3. The van der Waals surface area contributed by atoms with Crippen molar-refractivity contribution >= 4 is 29.6 Å². The van der Waals surface area contributed by atoms with Gasteiger partial charge in [0.05, 0.1) is 12.6 Å². The standard InChI is InChI=1S/C18H33N5O6/c1-5-10(4)14(20)16(26)21-8-13(25)23-15(9(2)3)17(27)22-11(18(28)29)6-7-12(19)24/h9-11,14-15H,5-8,20H2,1-4H3,(H2,19,24)(H,21,26)(H,22,27)(H,23,25)(H,28,29). The molecule has 166 valence electrons. The predicted molar refractivity (Wildman–Crippen MR) is 105 cm³/mol. The van der Waals surface area contributed by atoms with Gasteiger partial charge in [-0.05, 0) is 18.3 Å². The Balaban J connectivity index is 4.85. The molecule has 8 N–H and O–H groups in total. The number of primary amides is 1. The van der Waals surface area contributed by atoms with E-state index in [1.807, 2.05) is 13.8 Å². The number of carbonyl (C=O) groups excluding carboxylic acids is 4. The van der Waals surface area contributed by atoms with Crippen LogP contribution in [0, 0.1) is 11.8 Å². The molecule has 29 heavy (non-hydrogen) atoms. The number of nitrogens with two attached hydrogens (primary N) is 2. The molecule has 0 aliphatic rings. The van der Waals surface area contributed by atoms with Gasteiger partial charge in [0.15, 0.2) is 0 Å². The molecule has 11 heteroatoms. The molecule has 0 rings (SSSR count). The fraction of sp³-hybridized carbons (Fsp3) is 0.722. The molecule has 0 aliphatic heterocycles. The van der Waals surface area contributed by atoms with Crippen LogP contribution in [-0.4, -0.2) is 59.4 Å². The fourth-order valence-electron chi connectivity index (χ4n) is 2.36. The monoisotopic (exact) mass is 415 g/mol. The largest absolute Gasteiger partial charge is 0.480 e. The Morgan fingerprint density at radius 1 is 1.00 bits per heavy atom. The highest BCUT2D eigenvalue weighted by Gasteiger charge is 2.29. The van der Waals surface area contributed by atoms with Crippen molar-refractivity contribution in [2.24, 2.45) is 23.3 Å². The van der Waals surface area contributed by atoms with Gasteiger partial charge in [-0.25, -0.2) is 4.79 Å². The molecule has 0 aliphatic carbocycles. The van der Waals surface area contributed by atoms with Crippen LogP contribution in [0.25, 0.3) is 0 Å². The lowest BCUT2D eigenvalue weighted by Crippen LogP contribution is -2.55. The smallest absolute Gasteiger partial charge is 0.326 e. The van der Waals surface area contributed by atoms with E-state index in [9.17, 15) is 29.1 Å². The van der Waals surface area contributed by atoms with Crippen LogP contribution in [-0.2, 0) is 24.0 Å². The van der Waals surface area contributed by atoms with Gasteiger partial charge in [0.1, 0.15) is 12.1 Å². The molecule has 4 atom stereocenters. The molecule has 0 saturated carbocycles. The third-order valence-electron chi connectivity index (χ3n) is 4.54. The summed E-state index contributed by atoms with van der Waals surface area (Å²) in [7, 11) is 0. The maximum absolute atomic E-state index is 12.4. The predicted octanol–water partition coefficient (Wildman–Crippen LogP) is -1.55. The second-order valence-corrected chi connectivity index (χ2v) is 7.32. The molecule has 0 spiro atoms. The lowest BCUT2D eigenvalue weighted by molar-refractivity contribution is -0.142. The highest BCUT2D eigenvalue weighted by Crippen LogP contribution is 2.06. The number of carbonyl (C=O) groups is 5. The first-order valence-corrected chi connectivity index (χ1v) is 9.54. The van der Waals surface area contributed by atoms with Crippen molar-refractivity contribution < 1.29 is 29.1 Å². The average molecular weight is 415 g/mol. The maximum Gasteiger partial charge on any atom is 0.326 e. The molecule has 0 aromatic heterocycles. The van der Waals surface area contributed by atoms with Gasteiger partial charge in [0.25, 0.3) is 0 Å². The SMILES string of the molecule is CCC(C)C(N)C(=O)NCC(=O)NC(C(=O)NC(CCC(N)=O)C(=O)O)C(C)C. The van der Waals surface area contributed by atoms with Crippen LogP contribution >= 0.6 is 0 Å². The fourth-order valence-corrected chi connectivity index (χ4v) is 2.36. The van der Waals surface area contributed by atoms with Crippen molar-refractivity contribution in [2.75, 3.05) is 6.54 Å². The molecule has 0 aromatic carbocycles. The number of carboxylic acids is 1. The molecule has 0 saturated heterocycles. The summed E-state index contributed by atoms with van der Waals surface area (Å²) in [5, 5.41) is 16.4. The number of carboxylic acid groups (broad SMARTS) is 1. The van der Waals surface area contributed by atoms with Gasteiger partial charge in [-0.2, -0.15) is 0 Å². The first-order valence-electron chi connectivity index (χ1n) is 9.54. The summed E-state index contributed by atoms with van der Waals surface area (Å²) in [6.45, 7) is 6.68. The minimum atomic E-state index is -1.32. The minimum absolute atomic E-state index is 0.0550. The van der Waals surface area contributed by atoms with Crippen LogP contribution in [0.3, 0.4) is 0 Å². The molecule has 0 radical (unpaired) electrons. The number of amides is 4. The van der Waals surface area contributed by atoms with Crippen molar-refractivity contribution in [3.63, 3.8) is 0 Å². The lowest BCUT2D eigenvalue weighted by Gasteiger charge is -2.24. The number of hydrogen-bond donors (Lipinski definition) is 6. The average Bonchev–Trinajstić information content (AvgIpc) is 2.64. The second kappa shape index (κ2) is 12.7. The minimum Gasteiger partial charge on any atom is -0.480 e. The Labute approximate surface area is 170 Å².